The van der Waals surface area contributed by atoms with Gasteiger partial charge in [-0.3, -0.25) is 0 Å². The van der Waals surface area contributed by atoms with E-state index in [1.165, 1.54) is 66.1 Å². The molecule has 2 aliphatic carbocycles. The average Bonchev–Trinajstić information content (AvgIpc) is 4.28. The Morgan fingerprint density at radius 3 is 1.32 bits per heavy atom. The molecule has 0 atom stereocenters. The SMILES string of the molecule is c1ccc(N(c2ccc3cc4c(cc3c2)C2(c3ccccc3-c3ccccc32)c2c-4ccc3cc(N(c4ccccc4)c4ccc5oc6ccccc6c5c4)ccc23)c2ccc3oc4ccccc4c3c2)cc1. The predicted molar refractivity (Wildman–Crippen MR) is 302 cm³/mol. The smallest absolute Gasteiger partial charge is 0.135 e. The van der Waals surface area contributed by atoms with Crippen LogP contribution in [0.5, 0.6) is 0 Å². The second kappa shape index (κ2) is 15.2. The maximum absolute atomic E-state index is 6.30. The monoisotopic (exact) mass is 930 g/mol. The summed E-state index contributed by atoms with van der Waals surface area (Å²) in [7, 11) is 0. The largest absolute Gasteiger partial charge is 0.456 e. The quantitative estimate of drug-likeness (QED) is 0.166. The minimum absolute atomic E-state index is 0.567. The van der Waals surface area contributed by atoms with Gasteiger partial charge in [0.1, 0.15) is 22.3 Å². The zero-order valence-electron chi connectivity index (χ0n) is 39.5. The summed E-state index contributed by atoms with van der Waals surface area (Å²) in [5.41, 5.74) is 19.9. The number of hydrogen-bond acceptors (Lipinski definition) is 4. The highest BCUT2D eigenvalue weighted by Crippen LogP contribution is 2.65. The van der Waals surface area contributed by atoms with E-state index in [-0.39, 0.29) is 0 Å². The third-order valence-electron chi connectivity index (χ3n) is 15.8. The van der Waals surface area contributed by atoms with Crippen molar-refractivity contribution in [2.24, 2.45) is 0 Å². The first-order chi connectivity index (χ1) is 36.2. The summed E-state index contributed by atoms with van der Waals surface area (Å²) in [5.74, 6) is 0. The number of nitrogens with zero attached hydrogens (tertiary/aromatic N) is 2. The average molecular weight is 931 g/mol. The van der Waals surface area contributed by atoms with Crippen molar-refractivity contribution >= 4 is 99.5 Å². The van der Waals surface area contributed by atoms with E-state index in [0.717, 1.165) is 78.0 Å². The predicted octanol–water partition coefficient (Wildman–Crippen LogP) is 19.1. The number of hydrogen-bond donors (Lipinski definition) is 0. The first-order valence-electron chi connectivity index (χ1n) is 25.1. The Hall–Kier alpha value is -9.64. The molecule has 340 valence electrons. The molecule has 0 saturated carbocycles. The molecule has 0 unspecified atom stereocenters. The van der Waals surface area contributed by atoms with Crippen LogP contribution in [0.3, 0.4) is 0 Å². The maximum Gasteiger partial charge on any atom is 0.135 e. The van der Waals surface area contributed by atoms with Gasteiger partial charge in [-0.15, -0.1) is 0 Å². The van der Waals surface area contributed by atoms with E-state index in [2.05, 4.69) is 240 Å². The van der Waals surface area contributed by atoms with Gasteiger partial charge in [-0.1, -0.05) is 146 Å². The highest BCUT2D eigenvalue weighted by Gasteiger charge is 2.52. The van der Waals surface area contributed by atoms with E-state index in [0.29, 0.717) is 0 Å². The van der Waals surface area contributed by atoms with E-state index in [9.17, 15) is 0 Å². The fourth-order valence-corrected chi connectivity index (χ4v) is 12.7. The molecular formula is C69H42N2O2. The lowest BCUT2D eigenvalue weighted by Crippen LogP contribution is -2.26. The number of anilines is 6. The minimum Gasteiger partial charge on any atom is -0.456 e. The van der Waals surface area contributed by atoms with Crippen LogP contribution in [0.2, 0.25) is 0 Å². The van der Waals surface area contributed by atoms with Gasteiger partial charge in [0, 0.05) is 55.7 Å². The highest BCUT2D eigenvalue weighted by atomic mass is 16.3. The molecule has 2 aromatic heterocycles. The number of para-hydroxylation sites is 4. The third-order valence-corrected chi connectivity index (χ3v) is 15.8. The molecular weight excluding hydrogens is 889 g/mol. The van der Waals surface area contributed by atoms with Crippen LogP contribution >= 0.6 is 0 Å². The summed E-state index contributed by atoms with van der Waals surface area (Å²) < 4.78 is 12.6. The topological polar surface area (TPSA) is 32.8 Å². The van der Waals surface area contributed by atoms with Crippen molar-refractivity contribution in [3.63, 3.8) is 0 Å². The van der Waals surface area contributed by atoms with Crippen LogP contribution in [0.4, 0.5) is 34.1 Å². The van der Waals surface area contributed by atoms with Gasteiger partial charge in [-0.05, 0) is 175 Å². The Morgan fingerprint density at radius 1 is 0.247 bits per heavy atom. The van der Waals surface area contributed by atoms with Gasteiger partial charge in [0.2, 0.25) is 0 Å². The summed E-state index contributed by atoms with van der Waals surface area (Å²) in [6, 6.07) is 93.1. The Morgan fingerprint density at radius 2 is 0.712 bits per heavy atom. The Kier molecular flexibility index (Phi) is 8.35. The molecule has 1 spiro atoms. The van der Waals surface area contributed by atoms with Crippen molar-refractivity contribution < 1.29 is 8.83 Å². The van der Waals surface area contributed by atoms with Gasteiger partial charge in [-0.2, -0.15) is 0 Å². The van der Waals surface area contributed by atoms with Crippen LogP contribution in [-0.4, -0.2) is 0 Å². The molecule has 0 aliphatic heterocycles. The zero-order chi connectivity index (χ0) is 47.8. The lowest BCUT2D eigenvalue weighted by atomic mass is 9.69. The number of fused-ring (bicyclic) bond motifs is 19. The lowest BCUT2D eigenvalue weighted by Gasteiger charge is -2.32. The second-order valence-corrected chi connectivity index (χ2v) is 19.6. The second-order valence-electron chi connectivity index (χ2n) is 19.6. The standard InChI is InChI=1S/C69H42N2O2/c1-3-15-46(16-4-1)70(50-31-35-66-59(41-50)55-21-9-13-25-64(55)72-66)48-29-27-43-39-58-57-33-28-44-37-49(71(47-17-5-2-6-18-47)51-32-36-67-60(42-51)56-22-10-14-26-65(56)73-67)30-34-52(44)68(57)69(63(58)40-45(43)38-48)61-23-11-7-19-53(61)54-20-8-12-24-62(54)69/h1-42H. The van der Waals surface area contributed by atoms with Crippen molar-refractivity contribution in [1.82, 2.24) is 0 Å². The molecule has 73 heavy (non-hydrogen) atoms. The van der Waals surface area contributed by atoms with Crippen LogP contribution in [0.1, 0.15) is 22.3 Å². The molecule has 12 aromatic carbocycles. The fourth-order valence-electron chi connectivity index (χ4n) is 12.7. The fraction of sp³-hybridized carbons (Fsp3) is 0.0145. The molecule has 4 heteroatoms. The zero-order valence-corrected chi connectivity index (χ0v) is 39.5. The van der Waals surface area contributed by atoms with Gasteiger partial charge < -0.3 is 18.6 Å². The van der Waals surface area contributed by atoms with Gasteiger partial charge in [0.05, 0.1) is 5.41 Å². The van der Waals surface area contributed by atoms with E-state index in [1.54, 1.807) is 0 Å². The Labute approximate surface area is 420 Å². The summed E-state index contributed by atoms with van der Waals surface area (Å²) in [4.78, 5) is 4.74. The van der Waals surface area contributed by atoms with Crippen LogP contribution in [0, 0.1) is 0 Å². The van der Waals surface area contributed by atoms with Crippen LogP contribution in [-0.2, 0) is 5.41 Å². The first kappa shape index (κ1) is 40.1. The minimum atomic E-state index is -0.567. The number of furan rings is 2. The Bertz CT molecular complexity index is 4540. The van der Waals surface area contributed by atoms with Crippen LogP contribution < -0.4 is 9.80 Å². The van der Waals surface area contributed by atoms with Gasteiger partial charge in [0.25, 0.3) is 0 Å². The molecule has 14 aromatic rings. The van der Waals surface area contributed by atoms with E-state index in [1.807, 2.05) is 24.3 Å². The summed E-state index contributed by atoms with van der Waals surface area (Å²) in [6.07, 6.45) is 0. The maximum atomic E-state index is 6.30. The molecule has 0 amide bonds. The summed E-state index contributed by atoms with van der Waals surface area (Å²) in [6.45, 7) is 0. The van der Waals surface area contributed by atoms with E-state index >= 15 is 0 Å². The molecule has 0 radical (unpaired) electrons. The van der Waals surface area contributed by atoms with Crippen molar-refractivity contribution in [3.05, 3.63) is 277 Å². The Balaban J connectivity index is 0.906. The first-order valence-corrected chi connectivity index (χ1v) is 25.1. The molecule has 0 N–H and O–H groups in total. The molecule has 16 rings (SSSR count). The molecule has 2 heterocycles. The summed E-state index contributed by atoms with van der Waals surface area (Å²) >= 11 is 0. The molecule has 0 bridgehead atoms. The number of rotatable bonds is 6. The van der Waals surface area contributed by atoms with Gasteiger partial charge in [0.15, 0.2) is 0 Å². The van der Waals surface area contributed by atoms with E-state index in [4.69, 9.17) is 8.83 Å². The van der Waals surface area contributed by atoms with Gasteiger partial charge >= 0.3 is 0 Å². The molecule has 2 aliphatic rings. The van der Waals surface area contributed by atoms with Crippen molar-refractivity contribution in [2.75, 3.05) is 9.80 Å². The van der Waals surface area contributed by atoms with Crippen molar-refractivity contribution in [1.29, 1.82) is 0 Å². The van der Waals surface area contributed by atoms with E-state index < -0.39 is 5.41 Å². The van der Waals surface area contributed by atoms with Gasteiger partial charge in [-0.25, -0.2) is 0 Å². The molecule has 0 saturated heterocycles. The molecule has 0 fully saturated rings. The molecule has 4 nitrogen and oxygen atoms in total. The highest BCUT2D eigenvalue weighted by molar-refractivity contribution is 6.10. The normalized spacial score (nSPS) is 13.0. The number of benzene rings is 12. The van der Waals surface area contributed by atoms with Crippen LogP contribution in [0.25, 0.3) is 87.7 Å². The third kappa shape index (κ3) is 5.72. The lowest BCUT2D eigenvalue weighted by molar-refractivity contribution is 0.668. The van der Waals surface area contributed by atoms with Crippen molar-refractivity contribution in [2.45, 2.75) is 5.41 Å². The van der Waals surface area contributed by atoms with Crippen LogP contribution in [0.15, 0.2) is 264 Å². The summed E-state index contributed by atoms with van der Waals surface area (Å²) in [5, 5.41) is 9.25. The van der Waals surface area contributed by atoms with Crippen molar-refractivity contribution in [3.8, 4) is 22.3 Å².